The molecule has 4 rings (SSSR count). The molecule has 3 aromatic rings. The molecule has 1 aliphatic rings. The minimum atomic E-state index is -0.523. The van der Waals surface area contributed by atoms with Gasteiger partial charge in [-0.15, -0.1) is 0 Å². The van der Waals surface area contributed by atoms with Crippen LogP contribution in [0.15, 0.2) is 60.9 Å². The number of carbonyl (C=O) groups excluding carboxylic acids is 1. The van der Waals surface area contributed by atoms with Crippen molar-refractivity contribution >= 4 is 6.09 Å². The number of morpholine rings is 1. The first kappa shape index (κ1) is 21.1. The van der Waals surface area contributed by atoms with Crippen LogP contribution in [0.5, 0.6) is 0 Å². The summed E-state index contributed by atoms with van der Waals surface area (Å²) in [4.78, 5) is 14.1. The molecule has 162 valence electrons. The average Bonchev–Trinajstić information content (AvgIpc) is 3.23. The fourth-order valence-electron chi connectivity index (χ4n) is 3.44. The lowest BCUT2D eigenvalue weighted by Gasteiger charge is -2.34. The third-order valence-corrected chi connectivity index (χ3v) is 5.01. The van der Waals surface area contributed by atoms with Crippen molar-refractivity contribution in [3.8, 4) is 16.8 Å². The molecule has 1 aliphatic heterocycles. The van der Waals surface area contributed by atoms with Crippen molar-refractivity contribution in [3.05, 3.63) is 72.3 Å². The molecule has 6 nitrogen and oxygen atoms in total. The van der Waals surface area contributed by atoms with E-state index in [-0.39, 0.29) is 18.0 Å². The molecule has 0 bridgehead atoms. The normalized spacial score (nSPS) is 16.9. The first-order chi connectivity index (χ1) is 14.8. The summed E-state index contributed by atoms with van der Waals surface area (Å²) >= 11 is 0. The quantitative estimate of drug-likeness (QED) is 0.596. The monoisotopic (exact) mass is 423 g/mol. The number of hydrogen-bond donors (Lipinski definition) is 0. The third kappa shape index (κ3) is 5.11. The molecule has 0 radical (unpaired) electrons. The smallest absolute Gasteiger partial charge is 0.410 e. The number of aromatic nitrogens is 2. The van der Waals surface area contributed by atoms with Gasteiger partial charge in [-0.1, -0.05) is 24.3 Å². The summed E-state index contributed by atoms with van der Waals surface area (Å²) in [6.45, 7) is 7.03. The molecular weight excluding hydrogens is 397 g/mol. The van der Waals surface area contributed by atoms with Crippen LogP contribution >= 0.6 is 0 Å². The van der Waals surface area contributed by atoms with Crippen LogP contribution in [0.4, 0.5) is 9.18 Å². The lowest BCUT2D eigenvalue weighted by atomic mass is 10.0. The Labute approximate surface area is 181 Å². The van der Waals surface area contributed by atoms with Gasteiger partial charge < -0.3 is 14.4 Å². The van der Waals surface area contributed by atoms with Crippen molar-refractivity contribution in [3.63, 3.8) is 0 Å². The Balaban J connectivity index is 1.45. The third-order valence-electron chi connectivity index (χ3n) is 5.01. The molecule has 1 fully saturated rings. The number of ether oxygens (including phenoxy) is 2. The van der Waals surface area contributed by atoms with Crippen molar-refractivity contribution < 1.29 is 18.7 Å². The summed E-state index contributed by atoms with van der Waals surface area (Å²) in [6, 6.07) is 14.2. The molecule has 1 atom stereocenters. The highest BCUT2D eigenvalue weighted by Crippen LogP contribution is 2.27. The standard InChI is InChI=1S/C24H26FN3O3/c1-24(2,3)31-23(29)27-12-13-30-22(16-27)18-6-4-17(5-7-18)19-14-26-28(15-19)21-10-8-20(25)9-11-21/h4-11,14-15,22H,12-13,16H2,1-3H3/t22-/m1/s1. The van der Waals surface area contributed by atoms with Gasteiger partial charge in [0.1, 0.15) is 17.5 Å². The Morgan fingerprint density at radius 3 is 2.48 bits per heavy atom. The van der Waals surface area contributed by atoms with Gasteiger partial charge in [0.05, 0.1) is 25.0 Å². The summed E-state index contributed by atoms with van der Waals surface area (Å²) < 4.78 is 26.2. The van der Waals surface area contributed by atoms with Crippen LogP contribution in [0.1, 0.15) is 32.4 Å². The Morgan fingerprint density at radius 1 is 1.10 bits per heavy atom. The van der Waals surface area contributed by atoms with Gasteiger partial charge in [-0.3, -0.25) is 0 Å². The summed E-state index contributed by atoms with van der Waals surface area (Å²) in [6.07, 6.45) is 3.17. The predicted octanol–water partition coefficient (Wildman–Crippen LogP) is 4.99. The van der Waals surface area contributed by atoms with Gasteiger partial charge in [0.15, 0.2) is 0 Å². The highest BCUT2D eigenvalue weighted by Gasteiger charge is 2.28. The van der Waals surface area contributed by atoms with E-state index in [1.54, 1.807) is 27.9 Å². The summed E-state index contributed by atoms with van der Waals surface area (Å²) in [5.74, 6) is -0.276. The summed E-state index contributed by atoms with van der Waals surface area (Å²) in [5, 5.41) is 4.37. The Kier molecular flexibility index (Phi) is 5.78. The summed E-state index contributed by atoms with van der Waals surface area (Å²) in [7, 11) is 0. The zero-order chi connectivity index (χ0) is 22.0. The minimum Gasteiger partial charge on any atom is -0.444 e. The van der Waals surface area contributed by atoms with Crippen LogP contribution in [0.3, 0.4) is 0 Å². The Hall–Kier alpha value is -3.19. The molecule has 2 aromatic carbocycles. The van der Waals surface area contributed by atoms with E-state index >= 15 is 0 Å². The Bertz CT molecular complexity index is 1040. The molecule has 0 N–H and O–H groups in total. The molecule has 1 saturated heterocycles. The molecule has 1 amide bonds. The number of halogens is 1. The molecule has 1 aromatic heterocycles. The van der Waals surface area contributed by atoms with E-state index in [0.29, 0.717) is 19.7 Å². The fourth-order valence-corrected chi connectivity index (χ4v) is 3.44. The maximum absolute atomic E-state index is 13.1. The molecule has 0 unspecified atom stereocenters. The number of nitrogens with zero attached hydrogens (tertiary/aromatic N) is 3. The first-order valence-electron chi connectivity index (χ1n) is 10.3. The molecule has 0 saturated carbocycles. The number of rotatable bonds is 3. The van der Waals surface area contributed by atoms with Crippen LogP contribution in [0.2, 0.25) is 0 Å². The van der Waals surface area contributed by atoms with Crippen LogP contribution in [-0.4, -0.2) is 46.1 Å². The maximum Gasteiger partial charge on any atom is 0.410 e. The van der Waals surface area contributed by atoms with Crippen molar-refractivity contribution in [2.24, 2.45) is 0 Å². The van der Waals surface area contributed by atoms with Crippen molar-refractivity contribution in [1.82, 2.24) is 14.7 Å². The Morgan fingerprint density at radius 2 is 1.81 bits per heavy atom. The molecule has 31 heavy (non-hydrogen) atoms. The van der Waals surface area contributed by atoms with Crippen LogP contribution in [0.25, 0.3) is 16.8 Å². The molecule has 0 spiro atoms. The van der Waals surface area contributed by atoms with E-state index in [2.05, 4.69) is 5.10 Å². The van der Waals surface area contributed by atoms with E-state index in [1.807, 2.05) is 51.2 Å². The van der Waals surface area contributed by atoms with Crippen molar-refractivity contribution in [2.45, 2.75) is 32.5 Å². The van der Waals surface area contributed by atoms with Gasteiger partial charge in [-0.25, -0.2) is 13.9 Å². The topological polar surface area (TPSA) is 56.6 Å². The second-order valence-electron chi connectivity index (χ2n) is 8.56. The van der Waals surface area contributed by atoms with E-state index < -0.39 is 5.60 Å². The lowest BCUT2D eigenvalue weighted by molar-refractivity contribution is -0.0432. The van der Waals surface area contributed by atoms with Gasteiger partial charge >= 0.3 is 6.09 Å². The van der Waals surface area contributed by atoms with Gasteiger partial charge in [-0.2, -0.15) is 5.10 Å². The number of benzene rings is 2. The SMILES string of the molecule is CC(C)(C)OC(=O)N1CCO[C@@H](c2ccc(-c3cnn(-c4ccc(F)cc4)c3)cc2)C1. The molecular formula is C24H26FN3O3. The van der Waals surface area contributed by atoms with Crippen LogP contribution < -0.4 is 0 Å². The van der Waals surface area contributed by atoms with Gasteiger partial charge in [-0.05, 0) is 56.2 Å². The van der Waals surface area contributed by atoms with Gasteiger partial charge in [0, 0.05) is 18.3 Å². The van der Waals surface area contributed by atoms with Crippen LogP contribution in [-0.2, 0) is 9.47 Å². The highest BCUT2D eigenvalue weighted by molar-refractivity contribution is 5.68. The van der Waals surface area contributed by atoms with E-state index in [0.717, 1.165) is 22.4 Å². The maximum atomic E-state index is 13.1. The molecule has 2 heterocycles. The van der Waals surface area contributed by atoms with E-state index in [4.69, 9.17) is 9.47 Å². The predicted molar refractivity (Wildman–Crippen MR) is 115 cm³/mol. The number of amides is 1. The molecule has 7 heteroatoms. The van der Waals surface area contributed by atoms with E-state index in [9.17, 15) is 9.18 Å². The molecule has 0 aliphatic carbocycles. The summed E-state index contributed by atoms with van der Waals surface area (Å²) in [5.41, 5.74) is 3.24. The minimum absolute atomic E-state index is 0.197. The zero-order valence-electron chi connectivity index (χ0n) is 17.9. The lowest BCUT2D eigenvalue weighted by Crippen LogP contribution is -2.44. The highest BCUT2D eigenvalue weighted by atomic mass is 19.1. The van der Waals surface area contributed by atoms with Crippen molar-refractivity contribution in [2.75, 3.05) is 19.7 Å². The largest absolute Gasteiger partial charge is 0.444 e. The number of hydrogen-bond acceptors (Lipinski definition) is 4. The fraction of sp³-hybridized carbons (Fsp3) is 0.333. The van der Waals surface area contributed by atoms with E-state index in [1.165, 1.54) is 12.1 Å². The second kappa shape index (κ2) is 8.51. The van der Waals surface area contributed by atoms with Crippen LogP contribution in [0, 0.1) is 5.82 Å². The zero-order valence-corrected chi connectivity index (χ0v) is 17.9. The average molecular weight is 423 g/mol. The first-order valence-corrected chi connectivity index (χ1v) is 10.3. The number of carbonyl (C=O) groups is 1. The van der Waals surface area contributed by atoms with Gasteiger partial charge in [0.2, 0.25) is 0 Å². The van der Waals surface area contributed by atoms with Gasteiger partial charge in [0.25, 0.3) is 0 Å². The second-order valence-corrected chi connectivity index (χ2v) is 8.56. The van der Waals surface area contributed by atoms with Crippen molar-refractivity contribution in [1.29, 1.82) is 0 Å².